The lowest BCUT2D eigenvalue weighted by Crippen LogP contribution is -2.31. The maximum absolute atomic E-state index is 9.51. The van der Waals surface area contributed by atoms with E-state index in [-0.39, 0.29) is 0 Å². The molecular weight excluding hydrogens is 234 g/mol. The number of likely N-dealkylation sites (N-methyl/N-ethyl adjacent to an activating group) is 1. The highest BCUT2D eigenvalue weighted by atomic mass is 32.1. The van der Waals surface area contributed by atoms with E-state index < -0.39 is 6.10 Å². The topological polar surface area (TPSA) is 62.4 Å². The monoisotopic (exact) mass is 255 g/mol. The molecule has 0 saturated carbocycles. The van der Waals surface area contributed by atoms with Gasteiger partial charge in [0.2, 0.25) is 0 Å². The fourth-order valence-corrected chi connectivity index (χ4v) is 3.25. The molecule has 2 heterocycles. The fraction of sp³-hybridized carbons (Fsp3) is 0.750. The molecule has 1 fully saturated rings. The van der Waals surface area contributed by atoms with Crippen LogP contribution in [0.15, 0.2) is 5.38 Å². The zero-order valence-electron chi connectivity index (χ0n) is 10.3. The Labute approximate surface area is 106 Å². The summed E-state index contributed by atoms with van der Waals surface area (Å²) in [7, 11) is 2.16. The molecule has 96 valence electrons. The van der Waals surface area contributed by atoms with E-state index in [2.05, 4.69) is 22.3 Å². The van der Waals surface area contributed by atoms with Gasteiger partial charge in [0, 0.05) is 30.8 Å². The minimum Gasteiger partial charge on any atom is -0.391 e. The molecule has 1 aromatic heterocycles. The summed E-state index contributed by atoms with van der Waals surface area (Å²) in [6.07, 6.45) is 2.61. The first-order chi connectivity index (χ1) is 8.19. The summed E-state index contributed by atoms with van der Waals surface area (Å²) in [6.45, 7) is 2.60. The second-order valence-electron chi connectivity index (χ2n) is 4.86. The highest BCUT2D eigenvalue weighted by Gasteiger charge is 2.21. The zero-order valence-corrected chi connectivity index (χ0v) is 11.1. The van der Waals surface area contributed by atoms with Crippen molar-refractivity contribution >= 4 is 11.3 Å². The van der Waals surface area contributed by atoms with Crippen LogP contribution in [0, 0.1) is 0 Å². The van der Waals surface area contributed by atoms with Gasteiger partial charge in [0.05, 0.1) is 16.8 Å². The number of aliphatic hydroxyl groups is 1. The molecule has 4 nitrogen and oxygen atoms in total. The molecule has 17 heavy (non-hydrogen) atoms. The minimum atomic E-state index is -0.456. The van der Waals surface area contributed by atoms with E-state index in [1.54, 1.807) is 11.3 Å². The molecule has 5 heteroatoms. The summed E-state index contributed by atoms with van der Waals surface area (Å²) >= 11 is 1.64. The van der Waals surface area contributed by atoms with E-state index in [0.29, 0.717) is 18.9 Å². The summed E-state index contributed by atoms with van der Waals surface area (Å²) in [4.78, 5) is 7.00. The first kappa shape index (κ1) is 13.0. The maximum atomic E-state index is 9.51. The van der Waals surface area contributed by atoms with Crippen molar-refractivity contribution in [3.63, 3.8) is 0 Å². The highest BCUT2D eigenvalue weighted by molar-refractivity contribution is 7.09. The van der Waals surface area contributed by atoms with E-state index in [9.17, 15) is 5.11 Å². The Morgan fingerprint density at radius 1 is 1.71 bits per heavy atom. The van der Waals surface area contributed by atoms with E-state index >= 15 is 0 Å². The second-order valence-corrected chi connectivity index (χ2v) is 5.80. The number of hydrogen-bond donors (Lipinski definition) is 2. The summed E-state index contributed by atoms with van der Waals surface area (Å²) in [5.41, 5.74) is 6.60. The van der Waals surface area contributed by atoms with Crippen molar-refractivity contribution in [2.75, 3.05) is 26.7 Å². The van der Waals surface area contributed by atoms with Gasteiger partial charge in [-0.05, 0) is 26.4 Å². The Kier molecular flexibility index (Phi) is 4.50. The summed E-state index contributed by atoms with van der Waals surface area (Å²) in [5, 5.41) is 12.7. The van der Waals surface area contributed by atoms with Crippen LogP contribution in [0.4, 0.5) is 0 Å². The van der Waals surface area contributed by atoms with Crippen LogP contribution < -0.4 is 5.73 Å². The molecule has 0 bridgehead atoms. The molecule has 0 aromatic carbocycles. The average Bonchev–Trinajstić information content (AvgIpc) is 2.77. The number of rotatable bonds is 4. The number of aromatic nitrogens is 1. The molecule has 0 amide bonds. The van der Waals surface area contributed by atoms with Gasteiger partial charge >= 0.3 is 0 Å². The molecule has 1 aliphatic rings. The normalized spacial score (nSPS) is 23.8. The van der Waals surface area contributed by atoms with Gasteiger partial charge in [0.15, 0.2) is 0 Å². The predicted molar refractivity (Wildman–Crippen MR) is 70.4 cm³/mol. The molecule has 2 atom stereocenters. The van der Waals surface area contributed by atoms with Crippen LogP contribution in [0.5, 0.6) is 0 Å². The Morgan fingerprint density at radius 3 is 3.24 bits per heavy atom. The van der Waals surface area contributed by atoms with Gasteiger partial charge in [-0.1, -0.05) is 0 Å². The van der Waals surface area contributed by atoms with Gasteiger partial charge in [0.1, 0.15) is 0 Å². The number of nitrogens with two attached hydrogens (primary N) is 1. The molecule has 2 unspecified atom stereocenters. The SMILES string of the molecule is CN1CCCC(c2csc(CC(O)CN)n2)C1. The second kappa shape index (κ2) is 5.91. The van der Waals surface area contributed by atoms with Crippen LogP contribution in [0.1, 0.15) is 29.5 Å². The third-order valence-corrected chi connectivity index (χ3v) is 4.18. The number of thiazole rings is 1. The Bertz CT molecular complexity index is 355. The van der Waals surface area contributed by atoms with Gasteiger partial charge in [0.25, 0.3) is 0 Å². The quantitative estimate of drug-likeness (QED) is 0.836. The summed E-state index contributed by atoms with van der Waals surface area (Å²) < 4.78 is 0. The number of piperidine rings is 1. The van der Waals surface area contributed by atoms with Gasteiger partial charge < -0.3 is 15.7 Å². The van der Waals surface area contributed by atoms with Gasteiger partial charge in [-0.15, -0.1) is 11.3 Å². The highest BCUT2D eigenvalue weighted by Crippen LogP contribution is 2.27. The molecule has 3 N–H and O–H groups in total. The lowest BCUT2D eigenvalue weighted by atomic mass is 9.96. The van der Waals surface area contributed by atoms with Crippen molar-refractivity contribution in [1.29, 1.82) is 0 Å². The first-order valence-corrected chi connectivity index (χ1v) is 7.08. The van der Waals surface area contributed by atoms with Crippen LogP contribution in [0.25, 0.3) is 0 Å². The van der Waals surface area contributed by atoms with E-state index in [1.807, 2.05) is 0 Å². The van der Waals surface area contributed by atoms with Crippen molar-refractivity contribution < 1.29 is 5.11 Å². The number of aliphatic hydroxyl groups excluding tert-OH is 1. The van der Waals surface area contributed by atoms with Crippen molar-refractivity contribution in [2.24, 2.45) is 5.73 Å². The van der Waals surface area contributed by atoms with E-state index in [0.717, 1.165) is 11.6 Å². The average molecular weight is 255 g/mol. The van der Waals surface area contributed by atoms with Crippen LogP contribution in [0.2, 0.25) is 0 Å². The zero-order chi connectivity index (χ0) is 12.3. The minimum absolute atomic E-state index is 0.307. The third kappa shape index (κ3) is 3.48. The maximum Gasteiger partial charge on any atom is 0.0954 e. The molecule has 1 aromatic rings. The summed E-state index contributed by atoms with van der Waals surface area (Å²) in [5.74, 6) is 0.564. The number of nitrogens with zero attached hydrogens (tertiary/aromatic N) is 2. The molecule has 1 aliphatic heterocycles. The van der Waals surface area contributed by atoms with Crippen LogP contribution in [-0.2, 0) is 6.42 Å². The third-order valence-electron chi connectivity index (χ3n) is 3.29. The Morgan fingerprint density at radius 2 is 2.53 bits per heavy atom. The van der Waals surface area contributed by atoms with Gasteiger partial charge in [-0.25, -0.2) is 4.98 Å². The molecule has 0 aliphatic carbocycles. The van der Waals surface area contributed by atoms with Crippen LogP contribution in [0.3, 0.4) is 0 Å². The molecule has 2 rings (SSSR count). The number of likely N-dealkylation sites (tertiary alicyclic amines) is 1. The van der Waals surface area contributed by atoms with Crippen LogP contribution >= 0.6 is 11.3 Å². The molecule has 0 spiro atoms. The standard InChI is InChI=1S/C12H21N3OS/c1-15-4-2-3-9(7-15)11-8-17-12(14-11)5-10(16)6-13/h8-10,16H,2-7,13H2,1H3. The number of hydrogen-bond acceptors (Lipinski definition) is 5. The largest absolute Gasteiger partial charge is 0.391 e. The molecular formula is C12H21N3OS. The molecule has 1 saturated heterocycles. The van der Waals surface area contributed by atoms with Gasteiger partial charge in [-0.2, -0.15) is 0 Å². The first-order valence-electron chi connectivity index (χ1n) is 6.20. The summed E-state index contributed by atoms with van der Waals surface area (Å²) in [6, 6.07) is 0. The van der Waals surface area contributed by atoms with E-state index in [4.69, 9.17) is 5.73 Å². The van der Waals surface area contributed by atoms with E-state index in [1.165, 1.54) is 25.1 Å². The van der Waals surface area contributed by atoms with Crippen molar-refractivity contribution in [1.82, 2.24) is 9.88 Å². The van der Waals surface area contributed by atoms with Crippen LogP contribution in [-0.4, -0.2) is 47.8 Å². The Balaban J connectivity index is 1.97. The van der Waals surface area contributed by atoms with Crippen molar-refractivity contribution in [3.05, 3.63) is 16.1 Å². The Hall–Kier alpha value is -0.490. The molecule has 0 radical (unpaired) electrons. The van der Waals surface area contributed by atoms with Gasteiger partial charge in [-0.3, -0.25) is 0 Å². The van der Waals surface area contributed by atoms with Crippen molar-refractivity contribution in [2.45, 2.75) is 31.3 Å². The predicted octanol–water partition coefficient (Wildman–Crippen LogP) is 0.814. The smallest absolute Gasteiger partial charge is 0.0954 e. The lowest BCUT2D eigenvalue weighted by molar-refractivity contribution is 0.183. The fourth-order valence-electron chi connectivity index (χ4n) is 2.30. The van der Waals surface area contributed by atoms with Crippen molar-refractivity contribution in [3.8, 4) is 0 Å². The lowest BCUT2D eigenvalue weighted by Gasteiger charge is -2.28.